The monoisotopic (exact) mass is 443 g/mol. The number of nitrogens with zero attached hydrogens (tertiary/aromatic N) is 5. The van der Waals surface area contributed by atoms with Crippen molar-refractivity contribution < 1.29 is 22.4 Å². The Labute approximate surface area is 111 Å². The van der Waals surface area contributed by atoms with Crippen LogP contribution in [-0.4, -0.2) is 11.0 Å². The molecule has 98 valence electrons. The Morgan fingerprint density at radius 3 is 0.471 bits per heavy atom. The Balaban J connectivity index is -0.0000000143. The number of rotatable bonds is 0. The van der Waals surface area contributed by atoms with Gasteiger partial charge in [-0.05, 0) is 11.0 Å². The fourth-order valence-electron chi connectivity index (χ4n) is 0. The second-order valence-electron chi connectivity index (χ2n) is 0.373. The van der Waals surface area contributed by atoms with Crippen LogP contribution in [0.25, 0.3) is 0 Å². The molecule has 0 aliphatic rings. The van der Waals surface area contributed by atoms with Gasteiger partial charge in [0.15, 0.2) is 0 Å². The number of hydrogen-bond acceptors (Lipinski definition) is 15. The van der Waals surface area contributed by atoms with Crippen LogP contribution in [-0.2, 0) is 22.4 Å². The predicted octanol–water partition coefficient (Wildman–Crippen LogP) is -0.201. The maximum absolute atomic E-state index is 8.00. The standard InChI is InChI=1S/5HNO2.H4Si.Ta/c5*2-1-3;;/h5*(H,2,3);1H4;/q;;;;;;+5/p-5. The van der Waals surface area contributed by atoms with E-state index in [0.717, 1.165) is 26.7 Å². The van der Waals surface area contributed by atoms with Crippen molar-refractivity contribution in [2.24, 2.45) is 26.7 Å². The van der Waals surface area contributed by atoms with Gasteiger partial charge in [0, 0.05) is 0 Å². The summed E-state index contributed by atoms with van der Waals surface area (Å²) in [5.41, 5.74) is 0. The Morgan fingerprint density at radius 2 is 0.471 bits per heavy atom. The van der Waals surface area contributed by atoms with Gasteiger partial charge in [0.1, 0.15) is 0 Å². The first-order valence-corrected chi connectivity index (χ1v) is 1.83. The normalized spacial score (nSPS) is 3.53. The van der Waals surface area contributed by atoms with Crippen molar-refractivity contribution in [3.05, 3.63) is 50.6 Å². The fraction of sp³-hybridized carbons (Fsp3) is 0. The summed E-state index contributed by atoms with van der Waals surface area (Å²) in [6.07, 6.45) is 0. The van der Waals surface area contributed by atoms with E-state index in [9.17, 15) is 0 Å². The van der Waals surface area contributed by atoms with Gasteiger partial charge in [-0.1, -0.05) is 0 Å². The van der Waals surface area contributed by atoms with Gasteiger partial charge in [-0.15, -0.1) is 26.7 Å². The molecule has 0 aromatic rings. The SMILES string of the molecule is O=N[O-].O=N[O-].O=N[O-].O=N[O-].O=N[O-].[SiH4].[Ta+5]. The molecule has 0 rings (SSSR count). The predicted molar refractivity (Wildman–Crippen MR) is 57.1 cm³/mol. The van der Waals surface area contributed by atoms with Crippen LogP contribution >= 0.6 is 0 Å². The van der Waals surface area contributed by atoms with Crippen molar-refractivity contribution in [3.63, 3.8) is 0 Å². The zero-order valence-corrected chi connectivity index (χ0v) is 9.98. The molecule has 0 saturated heterocycles. The molecule has 0 aliphatic heterocycles. The molecular weight excluding hydrogens is 439 g/mol. The van der Waals surface area contributed by atoms with Gasteiger partial charge in [0.2, 0.25) is 0 Å². The molecule has 0 bridgehead atoms. The maximum atomic E-state index is 8.00. The quantitative estimate of drug-likeness (QED) is 0.270. The van der Waals surface area contributed by atoms with Crippen molar-refractivity contribution in [2.45, 2.75) is 0 Å². The third kappa shape index (κ3) is 478. The van der Waals surface area contributed by atoms with E-state index < -0.39 is 0 Å². The van der Waals surface area contributed by atoms with Crippen LogP contribution in [0.3, 0.4) is 0 Å². The van der Waals surface area contributed by atoms with Crippen LogP contribution < -0.4 is 0 Å². The van der Waals surface area contributed by atoms with Crippen molar-refractivity contribution in [2.75, 3.05) is 0 Å². The summed E-state index contributed by atoms with van der Waals surface area (Å²) in [6, 6.07) is 0. The minimum atomic E-state index is 0. The second kappa shape index (κ2) is 268. The van der Waals surface area contributed by atoms with E-state index in [4.69, 9.17) is 50.6 Å². The summed E-state index contributed by atoms with van der Waals surface area (Å²) in [5.74, 6) is 0. The van der Waals surface area contributed by atoms with Crippen molar-refractivity contribution in [1.29, 1.82) is 0 Å². The Hall–Kier alpha value is -2.04. The van der Waals surface area contributed by atoms with E-state index in [1.165, 1.54) is 0 Å². The molecule has 0 radical (unpaired) electrons. The summed E-state index contributed by atoms with van der Waals surface area (Å²) in [4.78, 5) is 40.0. The smallest absolute Gasteiger partial charge is 0.444 e. The number of hydrogen-bond donors (Lipinski definition) is 0. The molecule has 0 N–H and O–H groups in total. The Morgan fingerprint density at radius 1 is 0.471 bits per heavy atom. The Bertz CT molecular complexity index is 97.0. The Kier molecular flexibility index (Phi) is 725. The van der Waals surface area contributed by atoms with Crippen LogP contribution in [0.15, 0.2) is 26.7 Å². The summed E-state index contributed by atoms with van der Waals surface area (Å²) < 4.78 is 0. The molecule has 0 saturated carbocycles. The molecule has 0 atom stereocenters. The van der Waals surface area contributed by atoms with Gasteiger partial charge in [0.25, 0.3) is 0 Å². The zero-order valence-electron chi connectivity index (χ0n) is 6.77. The average molecular weight is 443 g/mol. The van der Waals surface area contributed by atoms with Crippen LogP contribution in [0.2, 0.25) is 0 Å². The summed E-state index contributed by atoms with van der Waals surface area (Å²) in [7, 11) is 0. The second-order valence-corrected chi connectivity index (χ2v) is 0.373. The minimum absolute atomic E-state index is 0. The van der Waals surface area contributed by atoms with Crippen molar-refractivity contribution in [3.8, 4) is 0 Å². The van der Waals surface area contributed by atoms with E-state index in [0.29, 0.717) is 0 Å². The molecule has 15 nitrogen and oxygen atoms in total. The van der Waals surface area contributed by atoms with Crippen molar-refractivity contribution in [1.82, 2.24) is 0 Å². The van der Waals surface area contributed by atoms with Gasteiger partial charge >= 0.3 is 22.4 Å². The third-order valence-corrected chi connectivity index (χ3v) is 0. The molecule has 0 aliphatic carbocycles. The first-order valence-electron chi connectivity index (χ1n) is 1.83. The average Bonchev–Trinajstić information content (AvgIpc) is 2.09. The molecule has 0 spiro atoms. The maximum Gasteiger partial charge on any atom is 5.00 e. The molecule has 0 heterocycles. The minimum Gasteiger partial charge on any atom is -0.444 e. The van der Waals surface area contributed by atoms with Gasteiger partial charge in [0.05, 0.1) is 0 Å². The van der Waals surface area contributed by atoms with Crippen LogP contribution in [0, 0.1) is 50.6 Å². The van der Waals surface area contributed by atoms with Gasteiger partial charge in [-0.3, -0.25) is 0 Å². The molecule has 0 aromatic heterocycles. The molecule has 17 heteroatoms. The summed E-state index contributed by atoms with van der Waals surface area (Å²) >= 11 is 0. The van der Waals surface area contributed by atoms with Gasteiger partial charge < -0.3 is 50.6 Å². The third-order valence-electron chi connectivity index (χ3n) is 0. The van der Waals surface area contributed by atoms with Gasteiger partial charge in [-0.2, -0.15) is 0 Å². The van der Waals surface area contributed by atoms with Crippen LogP contribution in [0.4, 0.5) is 0 Å². The fourth-order valence-corrected chi connectivity index (χ4v) is 0. The summed E-state index contributed by atoms with van der Waals surface area (Å²) in [6.45, 7) is 0. The largest absolute Gasteiger partial charge is 5.00 e. The summed E-state index contributed by atoms with van der Waals surface area (Å²) in [5, 5.41) is 45.0. The van der Waals surface area contributed by atoms with E-state index in [2.05, 4.69) is 0 Å². The first kappa shape index (κ1) is 46.0. The van der Waals surface area contributed by atoms with Gasteiger partial charge in [-0.25, -0.2) is 0 Å². The topological polar surface area (TPSA) is 262 Å². The molecule has 0 aromatic carbocycles. The van der Waals surface area contributed by atoms with Crippen LogP contribution in [0.1, 0.15) is 0 Å². The van der Waals surface area contributed by atoms with Crippen LogP contribution in [0.5, 0.6) is 0 Å². The molecule has 17 heavy (non-hydrogen) atoms. The molecule has 0 unspecified atom stereocenters. The first-order chi connectivity index (χ1) is 7.07. The van der Waals surface area contributed by atoms with Crippen molar-refractivity contribution >= 4 is 11.0 Å². The molecule has 0 fully saturated rings. The molecule has 0 amide bonds. The molecular formula is H4N5O10SiTa. The van der Waals surface area contributed by atoms with E-state index in [1.807, 2.05) is 0 Å². The zero-order chi connectivity index (χ0) is 13.5. The van der Waals surface area contributed by atoms with E-state index in [1.54, 1.807) is 0 Å². The van der Waals surface area contributed by atoms with E-state index in [-0.39, 0.29) is 33.3 Å². The van der Waals surface area contributed by atoms with E-state index >= 15 is 0 Å².